The minimum absolute atomic E-state index is 0.133. The van der Waals surface area contributed by atoms with Gasteiger partial charge in [0.15, 0.2) is 0 Å². The number of carbonyl (C=O) groups is 3. The minimum Gasteiger partial charge on any atom is -0.459 e. The summed E-state index contributed by atoms with van der Waals surface area (Å²) in [5, 5.41) is 3.61. The first-order valence-corrected chi connectivity index (χ1v) is 7.80. The summed E-state index contributed by atoms with van der Waals surface area (Å²) in [6, 6.07) is 16.6. The third kappa shape index (κ3) is 5.35. The Morgan fingerprint density at radius 3 is 2.16 bits per heavy atom. The minimum atomic E-state index is -1.05. The van der Waals surface area contributed by atoms with Crippen LogP contribution in [-0.2, 0) is 14.3 Å². The maximum Gasteiger partial charge on any atom is 0.398 e. The smallest absolute Gasteiger partial charge is 0.398 e. The van der Waals surface area contributed by atoms with E-state index in [4.69, 9.17) is 4.74 Å². The van der Waals surface area contributed by atoms with Crippen molar-refractivity contribution in [1.82, 2.24) is 5.43 Å². The Bertz CT molecular complexity index is 720. The molecule has 2 rings (SSSR count). The van der Waals surface area contributed by atoms with Crippen molar-refractivity contribution < 1.29 is 19.1 Å². The molecular weight excluding hydrogens is 322 g/mol. The van der Waals surface area contributed by atoms with Gasteiger partial charge in [-0.25, -0.2) is 20.0 Å². The normalized spacial score (nSPS) is 9.80. The van der Waals surface area contributed by atoms with E-state index in [0.29, 0.717) is 17.8 Å². The van der Waals surface area contributed by atoms with Crippen molar-refractivity contribution in [2.45, 2.75) is 13.3 Å². The molecule has 2 N–H and O–H groups in total. The Balaban J connectivity index is 2.14. The molecule has 0 atom stereocenters. The molecule has 7 heteroatoms. The summed E-state index contributed by atoms with van der Waals surface area (Å²) in [6.45, 7) is 1.95. The fraction of sp³-hybridized carbons (Fsp3) is 0.167. The molecule has 0 saturated carbocycles. The van der Waals surface area contributed by atoms with Gasteiger partial charge in [0.2, 0.25) is 0 Å². The number of hydrogen-bond acceptors (Lipinski definition) is 4. The van der Waals surface area contributed by atoms with Crippen LogP contribution in [0.5, 0.6) is 0 Å². The van der Waals surface area contributed by atoms with Crippen molar-refractivity contribution in [3.63, 3.8) is 0 Å². The van der Waals surface area contributed by atoms with Gasteiger partial charge in [-0.3, -0.25) is 4.79 Å². The van der Waals surface area contributed by atoms with Crippen LogP contribution in [0.3, 0.4) is 0 Å². The fourth-order valence-corrected chi connectivity index (χ4v) is 1.92. The topological polar surface area (TPSA) is 87.7 Å². The van der Waals surface area contributed by atoms with E-state index in [1.54, 1.807) is 54.6 Å². The van der Waals surface area contributed by atoms with Gasteiger partial charge in [-0.2, -0.15) is 0 Å². The molecule has 0 aliphatic rings. The predicted molar refractivity (Wildman–Crippen MR) is 93.8 cm³/mol. The molecule has 2 aromatic carbocycles. The second kappa shape index (κ2) is 9.07. The zero-order valence-corrected chi connectivity index (χ0v) is 13.8. The third-order valence-electron chi connectivity index (χ3n) is 3.08. The summed E-state index contributed by atoms with van der Waals surface area (Å²) >= 11 is 0. The second-order valence-corrected chi connectivity index (χ2v) is 5.04. The summed E-state index contributed by atoms with van der Waals surface area (Å²) in [7, 11) is 0. The molecule has 7 nitrogen and oxygen atoms in total. The highest BCUT2D eigenvalue weighted by molar-refractivity contribution is 6.33. The molecule has 130 valence electrons. The second-order valence-electron chi connectivity index (χ2n) is 5.04. The number of benzene rings is 2. The summed E-state index contributed by atoms with van der Waals surface area (Å²) in [4.78, 5) is 36.2. The zero-order valence-electron chi connectivity index (χ0n) is 13.8. The van der Waals surface area contributed by atoms with Gasteiger partial charge in [0.25, 0.3) is 0 Å². The van der Waals surface area contributed by atoms with Crippen LogP contribution in [0.15, 0.2) is 60.7 Å². The van der Waals surface area contributed by atoms with Crippen LogP contribution in [0.1, 0.15) is 13.3 Å². The number of nitrogens with one attached hydrogen (secondary N) is 2. The van der Waals surface area contributed by atoms with Crippen molar-refractivity contribution in [2.24, 2.45) is 0 Å². The molecule has 0 bridgehead atoms. The van der Waals surface area contributed by atoms with E-state index in [9.17, 15) is 14.4 Å². The summed E-state index contributed by atoms with van der Waals surface area (Å²) in [5.74, 6) is -2.07. The number of amides is 3. The molecule has 0 aliphatic carbocycles. The van der Waals surface area contributed by atoms with Crippen molar-refractivity contribution in [1.29, 1.82) is 0 Å². The number of hydrogen-bond donors (Lipinski definition) is 2. The van der Waals surface area contributed by atoms with Gasteiger partial charge < -0.3 is 10.1 Å². The molecule has 0 unspecified atom stereocenters. The van der Waals surface area contributed by atoms with Crippen molar-refractivity contribution >= 4 is 29.3 Å². The Morgan fingerprint density at radius 2 is 1.56 bits per heavy atom. The van der Waals surface area contributed by atoms with Gasteiger partial charge in [0.1, 0.15) is 0 Å². The van der Waals surface area contributed by atoms with Crippen LogP contribution in [0.4, 0.5) is 16.2 Å². The fourth-order valence-electron chi connectivity index (χ4n) is 1.92. The maximum atomic E-state index is 12.5. The third-order valence-corrected chi connectivity index (χ3v) is 3.08. The molecule has 0 fully saturated rings. The number of hydrazine groups is 1. The quantitative estimate of drug-likeness (QED) is 0.508. The standard InChI is InChI=1S/C18H19N3O4/c1-2-13-25-17(23)16(22)20-21(15-11-7-4-8-12-15)18(24)19-14-9-5-3-6-10-14/h3-12H,2,13H2,1H3,(H,19,24)(H,20,22). The summed E-state index contributed by atoms with van der Waals surface area (Å²) in [6.07, 6.45) is 0.593. The van der Waals surface area contributed by atoms with Gasteiger partial charge in [0, 0.05) is 5.69 Å². The van der Waals surface area contributed by atoms with Crippen molar-refractivity contribution in [3.05, 3.63) is 60.7 Å². The maximum absolute atomic E-state index is 12.5. The van der Waals surface area contributed by atoms with Gasteiger partial charge in [-0.05, 0) is 30.7 Å². The van der Waals surface area contributed by atoms with Gasteiger partial charge in [-0.15, -0.1) is 0 Å². The number of ether oxygens (including phenoxy) is 1. The molecule has 0 saturated heterocycles. The van der Waals surface area contributed by atoms with Crippen LogP contribution in [0.25, 0.3) is 0 Å². The number of esters is 1. The van der Waals surface area contributed by atoms with E-state index in [-0.39, 0.29) is 6.61 Å². The predicted octanol–water partition coefficient (Wildman–Crippen LogP) is 2.71. The Morgan fingerprint density at radius 1 is 0.960 bits per heavy atom. The van der Waals surface area contributed by atoms with Crippen molar-refractivity contribution in [3.8, 4) is 0 Å². The summed E-state index contributed by atoms with van der Waals surface area (Å²) < 4.78 is 4.78. The molecule has 3 amide bonds. The SMILES string of the molecule is CCCOC(=O)C(=O)NN(C(=O)Nc1ccccc1)c1ccccc1. The summed E-state index contributed by atoms with van der Waals surface area (Å²) in [5.41, 5.74) is 3.22. The van der Waals surface area contributed by atoms with E-state index < -0.39 is 17.9 Å². The largest absolute Gasteiger partial charge is 0.459 e. The van der Waals surface area contributed by atoms with Gasteiger partial charge in [-0.1, -0.05) is 43.3 Å². The highest BCUT2D eigenvalue weighted by Gasteiger charge is 2.23. The number of nitrogens with zero attached hydrogens (tertiary/aromatic N) is 1. The van der Waals surface area contributed by atoms with Gasteiger partial charge in [0.05, 0.1) is 12.3 Å². The molecular formula is C18H19N3O4. The van der Waals surface area contributed by atoms with Gasteiger partial charge >= 0.3 is 17.9 Å². The van der Waals surface area contributed by atoms with Crippen LogP contribution in [-0.4, -0.2) is 24.5 Å². The van der Waals surface area contributed by atoms with E-state index >= 15 is 0 Å². The number of para-hydroxylation sites is 2. The van der Waals surface area contributed by atoms with Crippen LogP contribution in [0.2, 0.25) is 0 Å². The Hall–Kier alpha value is -3.35. The van der Waals surface area contributed by atoms with Crippen molar-refractivity contribution in [2.75, 3.05) is 16.9 Å². The van der Waals surface area contributed by atoms with E-state index in [2.05, 4.69) is 10.7 Å². The monoisotopic (exact) mass is 341 g/mol. The highest BCUT2D eigenvalue weighted by Crippen LogP contribution is 2.14. The molecule has 0 heterocycles. The van der Waals surface area contributed by atoms with E-state index in [0.717, 1.165) is 5.01 Å². The van der Waals surface area contributed by atoms with Crippen LogP contribution in [0, 0.1) is 0 Å². The number of carbonyl (C=O) groups excluding carboxylic acids is 3. The lowest BCUT2D eigenvalue weighted by Crippen LogP contribution is -2.51. The van der Waals surface area contributed by atoms with E-state index in [1.165, 1.54) is 0 Å². The van der Waals surface area contributed by atoms with Crippen LogP contribution < -0.4 is 15.8 Å². The number of urea groups is 1. The molecule has 25 heavy (non-hydrogen) atoms. The lowest BCUT2D eigenvalue weighted by molar-refractivity contribution is -0.154. The highest BCUT2D eigenvalue weighted by atomic mass is 16.5. The molecule has 0 aliphatic heterocycles. The average Bonchev–Trinajstić information content (AvgIpc) is 2.65. The molecule has 0 radical (unpaired) electrons. The number of anilines is 2. The van der Waals surface area contributed by atoms with E-state index in [1.807, 2.05) is 13.0 Å². The lowest BCUT2D eigenvalue weighted by Gasteiger charge is -2.23. The zero-order chi connectivity index (χ0) is 18.1. The first kappa shape index (κ1) is 18.0. The molecule has 0 aromatic heterocycles. The molecule has 2 aromatic rings. The number of rotatable bonds is 4. The lowest BCUT2D eigenvalue weighted by atomic mass is 10.3. The first-order chi connectivity index (χ1) is 12.1. The first-order valence-electron chi connectivity index (χ1n) is 7.80. The average molecular weight is 341 g/mol. The van der Waals surface area contributed by atoms with Crippen LogP contribution >= 0.6 is 0 Å². The molecule has 0 spiro atoms. The Labute approximate surface area is 145 Å². The Kier molecular flexibility index (Phi) is 6.53.